The number of benzene rings is 1. The van der Waals surface area contributed by atoms with Crippen LogP contribution in [0.15, 0.2) is 24.3 Å². The van der Waals surface area contributed by atoms with Crippen LogP contribution in [0.5, 0.6) is 0 Å². The fourth-order valence-electron chi connectivity index (χ4n) is 0.856. The first-order chi connectivity index (χ1) is 7.36. The molecule has 1 aromatic carbocycles. The van der Waals surface area contributed by atoms with Gasteiger partial charge in [0.1, 0.15) is 0 Å². The van der Waals surface area contributed by atoms with Crippen LogP contribution >= 0.6 is 8.60 Å². The van der Waals surface area contributed by atoms with Gasteiger partial charge in [0, 0.05) is 0 Å². The average Bonchev–Trinajstić information content (AvgIpc) is 2.16. The van der Waals surface area contributed by atoms with Gasteiger partial charge in [-0.2, -0.15) is 0 Å². The van der Waals surface area contributed by atoms with E-state index in [1.165, 1.54) is 24.3 Å². The first-order valence-corrected chi connectivity index (χ1v) is 4.98. The molecule has 7 nitrogen and oxygen atoms in total. The average molecular weight is 248 g/mol. The molecule has 0 bridgehead atoms. The Morgan fingerprint density at radius 1 is 0.875 bits per heavy atom. The van der Waals surface area contributed by atoms with E-state index in [9.17, 15) is 9.59 Å². The molecule has 0 spiro atoms. The van der Waals surface area contributed by atoms with Gasteiger partial charge in [-0.25, -0.2) is 9.59 Å². The SMILES string of the molecule is O=C(O)c1ccccc1C(=O)O.OP(O)O. The molecule has 16 heavy (non-hydrogen) atoms. The lowest BCUT2D eigenvalue weighted by atomic mass is 10.1. The van der Waals surface area contributed by atoms with Crippen molar-refractivity contribution in [1.82, 2.24) is 0 Å². The summed E-state index contributed by atoms with van der Waals surface area (Å²) in [6.07, 6.45) is 0. The topological polar surface area (TPSA) is 135 Å². The quantitative estimate of drug-likeness (QED) is 0.474. The maximum Gasteiger partial charge on any atom is 0.336 e. The minimum atomic E-state index is -2.62. The molecule has 5 N–H and O–H groups in total. The molecule has 1 aromatic rings. The molecule has 0 saturated heterocycles. The molecule has 88 valence electrons. The Balaban J connectivity index is 0.000000487. The number of carboxylic acid groups (broad SMARTS) is 2. The molecule has 0 aliphatic heterocycles. The summed E-state index contributed by atoms with van der Waals surface area (Å²) in [7, 11) is -2.62. The van der Waals surface area contributed by atoms with Gasteiger partial charge in [0.05, 0.1) is 11.1 Å². The summed E-state index contributed by atoms with van der Waals surface area (Å²) in [5.74, 6) is -2.46. The standard InChI is InChI=1S/C8H6O4.H3O3P/c9-7(10)5-3-1-2-4-6(5)8(11)12;1-4(2)3/h1-4H,(H,9,10)(H,11,12);1-3H. The molecule has 0 saturated carbocycles. The zero-order valence-corrected chi connectivity index (χ0v) is 8.70. The van der Waals surface area contributed by atoms with Crippen LogP contribution < -0.4 is 0 Å². The lowest BCUT2D eigenvalue weighted by Crippen LogP contribution is -2.06. The van der Waals surface area contributed by atoms with Crippen molar-refractivity contribution < 1.29 is 34.5 Å². The van der Waals surface area contributed by atoms with Crippen LogP contribution in [0, 0.1) is 0 Å². The van der Waals surface area contributed by atoms with Gasteiger partial charge in [-0.1, -0.05) is 12.1 Å². The lowest BCUT2D eigenvalue weighted by Gasteiger charge is -1.98. The minimum Gasteiger partial charge on any atom is -0.478 e. The van der Waals surface area contributed by atoms with Crippen molar-refractivity contribution in [2.24, 2.45) is 0 Å². The molecular weight excluding hydrogens is 239 g/mol. The number of carboxylic acids is 2. The van der Waals surface area contributed by atoms with Gasteiger partial charge >= 0.3 is 20.5 Å². The fourth-order valence-corrected chi connectivity index (χ4v) is 0.856. The molecule has 0 heterocycles. The van der Waals surface area contributed by atoms with E-state index in [2.05, 4.69) is 0 Å². The first-order valence-electron chi connectivity index (χ1n) is 3.78. The Morgan fingerprint density at radius 3 is 1.31 bits per heavy atom. The predicted molar refractivity (Wildman–Crippen MR) is 53.9 cm³/mol. The van der Waals surface area contributed by atoms with Crippen molar-refractivity contribution in [2.75, 3.05) is 0 Å². The maximum atomic E-state index is 10.5. The van der Waals surface area contributed by atoms with Gasteiger partial charge < -0.3 is 24.9 Å². The van der Waals surface area contributed by atoms with E-state index in [0.29, 0.717) is 0 Å². The summed E-state index contributed by atoms with van der Waals surface area (Å²) in [6.45, 7) is 0. The van der Waals surface area contributed by atoms with Crippen LogP contribution in [0.25, 0.3) is 0 Å². The van der Waals surface area contributed by atoms with Crippen molar-refractivity contribution in [3.63, 3.8) is 0 Å². The number of hydrogen-bond acceptors (Lipinski definition) is 5. The summed E-state index contributed by atoms with van der Waals surface area (Å²) >= 11 is 0. The molecule has 0 amide bonds. The normalized spacial score (nSPS) is 9.25. The summed E-state index contributed by atoms with van der Waals surface area (Å²) in [5, 5.41) is 17.1. The van der Waals surface area contributed by atoms with E-state index in [-0.39, 0.29) is 11.1 Å². The Labute approximate surface area is 91.2 Å². The molecule has 1 rings (SSSR count). The molecule has 0 atom stereocenters. The van der Waals surface area contributed by atoms with E-state index < -0.39 is 20.5 Å². The fraction of sp³-hybridized carbons (Fsp3) is 0. The largest absolute Gasteiger partial charge is 0.478 e. The molecule has 0 aliphatic rings. The van der Waals surface area contributed by atoms with Crippen LogP contribution in [-0.2, 0) is 0 Å². The second kappa shape index (κ2) is 6.86. The predicted octanol–water partition coefficient (Wildman–Crippen LogP) is 0.273. The highest BCUT2D eigenvalue weighted by Crippen LogP contribution is 2.11. The number of aromatic carboxylic acids is 2. The zero-order chi connectivity index (χ0) is 12.7. The number of carbonyl (C=O) groups is 2. The Morgan fingerprint density at radius 2 is 1.12 bits per heavy atom. The molecular formula is C8H9O7P. The maximum absolute atomic E-state index is 10.5. The summed E-state index contributed by atoms with van der Waals surface area (Å²) < 4.78 is 0. The smallest absolute Gasteiger partial charge is 0.336 e. The van der Waals surface area contributed by atoms with E-state index in [0.717, 1.165) is 0 Å². The van der Waals surface area contributed by atoms with Gasteiger partial charge in [0.2, 0.25) is 0 Å². The molecule has 8 heteroatoms. The van der Waals surface area contributed by atoms with Crippen molar-refractivity contribution >= 4 is 20.5 Å². The van der Waals surface area contributed by atoms with Gasteiger partial charge in [0.15, 0.2) is 0 Å². The third-order valence-electron chi connectivity index (χ3n) is 1.39. The van der Waals surface area contributed by atoms with E-state index in [4.69, 9.17) is 24.9 Å². The molecule has 0 aromatic heterocycles. The first kappa shape index (κ1) is 14.5. The van der Waals surface area contributed by atoms with Gasteiger partial charge in [-0.15, -0.1) is 0 Å². The van der Waals surface area contributed by atoms with Gasteiger partial charge in [-0.3, -0.25) is 0 Å². The van der Waals surface area contributed by atoms with E-state index >= 15 is 0 Å². The number of rotatable bonds is 2. The van der Waals surface area contributed by atoms with Crippen molar-refractivity contribution in [3.05, 3.63) is 35.4 Å². The van der Waals surface area contributed by atoms with E-state index in [1.807, 2.05) is 0 Å². The van der Waals surface area contributed by atoms with Crippen LogP contribution in [0.4, 0.5) is 0 Å². The third kappa shape index (κ3) is 5.38. The highest BCUT2D eigenvalue weighted by Gasteiger charge is 2.13. The van der Waals surface area contributed by atoms with Crippen molar-refractivity contribution in [3.8, 4) is 0 Å². The second-order valence-corrected chi connectivity index (χ2v) is 2.96. The second-order valence-electron chi connectivity index (χ2n) is 2.42. The van der Waals surface area contributed by atoms with Crippen molar-refractivity contribution in [1.29, 1.82) is 0 Å². The van der Waals surface area contributed by atoms with Gasteiger partial charge in [-0.05, 0) is 12.1 Å². The molecule has 0 fully saturated rings. The van der Waals surface area contributed by atoms with Crippen LogP contribution in [0.1, 0.15) is 20.7 Å². The zero-order valence-electron chi connectivity index (χ0n) is 7.81. The summed E-state index contributed by atoms with van der Waals surface area (Å²) in [5.41, 5.74) is -0.380. The highest BCUT2D eigenvalue weighted by molar-refractivity contribution is 7.38. The Kier molecular flexibility index (Phi) is 6.21. The lowest BCUT2D eigenvalue weighted by molar-refractivity contribution is 0.0651. The number of hydrogen-bond donors (Lipinski definition) is 5. The molecule has 0 radical (unpaired) electrons. The minimum absolute atomic E-state index is 0.190. The van der Waals surface area contributed by atoms with Crippen LogP contribution in [0.2, 0.25) is 0 Å². The van der Waals surface area contributed by atoms with Crippen LogP contribution in [-0.4, -0.2) is 36.8 Å². The van der Waals surface area contributed by atoms with E-state index in [1.54, 1.807) is 0 Å². The third-order valence-corrected chi connectivity index (χ3v) is 1.39. The van der Waals surface area contributed by atoms with Crippen LogP contribution in [0.3, 0.4) is 0 Å². The molecule has 0 unspecified atom stereocenters. The van der Waals surface area contributed by atoms with Crippen molar-refractivity contribution in [2.45, 2.75) is 0 Å². The summed E-state index contributed by atoms with van der Waals surface area (Å²) in [6, 6.07) is 5.48. The Bertz CT molecular complexity index is 341. The Hall–Kier alpha value is -1.53. The summed E-state index contributed by atoms with van der Waals surface area (Å²) in [4.78, 5) is 42.6. The van der Waals surface area contributed by atoms with Gasteiger partial charge in [0.25, 0.3) is 0 Å². The highest BCUT2D eigenvalue weighted by atomic mass is 31.2. The molecule has 0 aliphatic carbocycles. The monoisotopic (exact) mass is 248 g/mol.